The zero-order valence-electron chi connectivity index (χ0n) is 20.6. The van der Waals surface area contributed by atoms with Crippen molar-refractivity contribution in [1.82, 2.24) is 5.32 Å². The summed E-state index contributed by atoms with van der Waals surface area (Å²) in [7, 11) is -0.863. The van der Waals surface area contributed by atoms with Crippen LogP contribution in [0.25, 0.3) is 0 Å². The van der Waals surface area contributed by atoms with Crippen LogP contribution in [0.1, 0.15) is 32.6 Å². The molecule has 0 saturated carbocycles. The van der Waals surface area contributed by atoms with Crippen LogP contribution in [-0.4, -0.2) is 25.2 Å². The Kier molecular flexibility index (Phi) is 9.29. The van der Waals surface area contributed by atoms with E-state index in [9.17, 15) is 9.59 Å². The number of esters is 1. The number of carbonyl (C=O) groups is 2. The molecular weight excluding hydrogens is 469 g/mol. The Morgan fingerprint density at radius 1 is 0.833 bits per heavy atom. The van der Waals surface area contributed by atoms with E-state index >= 15 is 0 Å². The second-order valence-electron chi connectivity index (χ2n) is 8.80. The van der Waals surface area contributed by atoms with Gasteiger partial charge in [0.2, 0.25) is 0 Å². The number of alkyl carbamates (subject to hydrolysis) is 1. The van der Waals surface area contributed by atoms with Gasteiger partial charge in [-0.3, -0.25) is 4.79 Å². The SMILES string of the molecule is CC1=CC1COC(=O)NCCCCCC(=O)Oc1ccccc1P(c1ccccc1)c1ccccc1. The number of hydrogen-bond donors (Lipinski definition) is 1. The molecule has 3 aromatic rings. The standard InChI is InChI=1S/C30H32NO4P/c1-23-21-24(23)22-34-30(33)31-20-12-4-9-19-29(32)35-27-17-10-11-18-28(27)36(25-13-5-2-6-14-25)26-15-7-3-8-16-26/h2-3,5-8,10-11,13-18,21,24H,4,9,12,19-20,22H2,1H3,(H,31,33). The summed E-state index contributed by atoms with van der Waals surface area (Å²) in [4.78, 5) is 24.4. The molecule has 1 N–H and O–H groups in total. The minimum atomic E-state index is -0.863. The Bertz CT molecular complexity index is 1140. The van der Waals surface area contributed by atoms with Crippen LogP contribution in [0.4, 0.5) is 4.79 Å². The van der Waals surface area contributed by atoms with Gasteiger partial charge in [-0.1, -0.05) is 96.9 Å². The highest BCUT2D eigenvalue weighted by molar-refractivity contribution is 7.80. The van der Waals surface area contributed by atoms with Gasteiger partial charge in [0, 0.05) is 24.2 Å². The van der Waals surface area contributed by atoms with E-state index in [2.05, 4.69) is 41.7 Å². The number of benzene rings is 3. The molecule has 0 heterocycles. The summed E-state index contributed by atoms with van der Waals surface area (Å²) in [5.41, 5.74) is 1.27. The molecule has 186 valence electrons. The van der Waals surface area contributed by atoms with Crippen molar-refractivity contribution in [2.24, 2.45) is 5.92 Å². The van der Waals surface area contributed by atoms with Gasteiger partial charge in [-0.05, 0) is 44.4 Å². The number of para-hydroxylation sites is 1. The van der Waals surface area contributed by atoms with Gasteiger partial charge < -0.3 is 14.8 Å². The molecule has 0 aliphatic heterocycles. The maximum absolute atomic E-state index is 12.7. The highest BCUT2D eigenvalue weighted by atomic mass is 31.1. The highest BCUT2D eigenvalue weighted by Gasteiger charge is 2.22. The molecular formula is C30H32NO4P. The Balaban J connectivity index is 1.27. The summed E-state index contributed by atoms with van der Waals surface area (Å²) in [6, 6.07) is 28.6. The fourth-order valence-corrected chi connectivity index (χ4v) is 6.28. The second-order valence-corrected chi connectivity index (χ2v) is 11.0. The number of nitrogens with one attached hydrogen (secondary N) is 1. The van der Waals surface area contributed by atoms with Gasteiger partial charge in [0.05, 0.1) is 0 Å². The van der Waals surface area contributed by atoms with Crippen LogP contribution in [0.3, 0.4) is 0 Å². The monoisotopic (exact) mass is 501 g/mol. The van der Waals surface area contributed by atoms with Crippen molar-refractivity contribution >= 4 is 35.9 Å². The first-order valence-corrected chi connectivity index (χ1v) is 13.7. The largest absolute Gasteiger partial charge is 0.449 e. The smallest absolute Gasteiger partial charge is 0.407 e. The van der Waals surface area contributed by atoms with E-state index in [1.807, 2.05) is 61.5 Å². The van der Waals surface area contributed by atoms with Crippen molar-refractivity contribution in [2.75, 3.05) is 13.2 Å². The molecule has 5 nitrogen and oxygen atoms in total. The lowest BCUT2D eigenvalue weighted by molar-refractivity contribution is -0.134. The lowest BCUT2D eigenvalue weighted by atomic mass is 10.2. The molecule has 1 atom stereocenters. The van der Waals surface area contributed by atoms with Gasteiger partial charge in [0.25, 0.3) is 0 Å². The van der Waals surface area contributed by atoms with Crippen LogP contribution < -0.4 is 26.0 Å². The molecule has 0 bridgehead atoms. The van der Waals surface area contributed by atoms with Crippen LogP contribution in [-0.2, 0) is 9.53 Å². The third-order valence-corrected chi connectivity index (χ3v) is 8.50. The molecule has 3 aromatic carbocycles. The minimum Gasteiger partial charge on any atom is -0.449 e. The van der Waals surface area contributed by atoms with E-state index in [0.717, 1.165) is 18.1 Å². The second kappa shape index (κ2) is 13.0. The van der Waals surface area contributed by atoms with Crippen molar-refractivity contribution in [3.8, 4) is 5.75 Å². The van der Waals surface area contributed by atoms with Crippen LogP contribution in [0.15, 0.2) is 96.6 Å². The predicted octanol–water partition coefficient (Wildman–Crippen LogP) is 5.21. The summed E-state index contributed by atoms with van der Waals surface area (Å²) < 4.78 is 11.0. The molecule has 6 heteroatoms. The van der Waals surface area contributed by atoms with Crippen LogP contribution in [0.5, 0.6) is 5.75 Å². The van der Waals surface area contributed by atoms with E-state index in [1.54, 1.807) is 0 Å². The first kappa shape index (κ1) is 25.7. The summed E-state index contributed by atoms with van der Waals surface area (Å²) >= 11 is 0. The van der Waals surface area contributed by atoms with Crippen molar-refractivity contribution in [1.29, 1.82) is 0 Å². The average Bonchev–Trinajstić information content (AvgIpc) is 3.62. The number of amides is 1. The maximum atomic E-state index is 12.7. The van der Waals surface area contributed by atoms with E-state index < -0.39 is 7.92 Å². The molecule has 1 amide bonds. The minimum absolute atomic E-state index is 0.238. The third-order valence-electron chi connectivity index (χ3n) is 6.02. The first-order valence-electron chi connectivity index (χ1n) is 12.4. The van der Waals surface area contributed by atoms with Crippen molar-refractivity contribution in [2.45, 2.75) is 32.6 Å². The highest BCUT2D eigenvalue weighted by Crippen LogP contribution is 2.36. The first-order chi connectivity index (χ1) is 17.6. The molecule has 0 aromatic heterocycles. The Hall–Kier alpha value is -3.43. The van der Waals surface area contributed by atoms with Gasteiger partial charge >= 0.3 is 12.1 Å². The lowest BCUT2D eigenvalue weighted by Crippen LogP contribution is -2.26. The fourth-order valence-electron chi connectivity index (χ4n) is 3.91. The molecule has 1 unspecified atom stereocenters. The van der Waals surface area contributed by atoms with Gasteiger partial charge in [0.1, 0.15) is 12.4 Å². The fraction of sp³-hybridized carbons (Fsp3) is 0.267. The molecule has 1 aliphatic carbocycles. The zero-order valence-corrected chi connectivity index (χ0v) is 21.5. The molecule has 0 fully saturated rings. The summed E-state index contributed by atoms with van der Waals surface area (Å²) in [6.07, 6.45) is 4.34. The summed E-state index contributed by atoms with van der Waals surface area (Å²) in [5, 5.41) is 6.20. The van der Waals surface area contributed by atoms with Crippen LogP contribution in [0, 0.1) is 5.92 Å². The Morgan fingerprint density at radius 3 is 2.08 bits per heavy atom. The molecule has 36 heavy (non-hydrogen) atoms. The number of unbranched alkanes of at least 4 members (excludes halogenated alkanes) is 2. The quantitative estimate of drug-likeness (QED) is 0.122. The number of hydrogen-bond acceptors (Lipinski definition) is 4. The third kappa shape index (κ3) is 7.53. The van der Waals surface area contributed by atoms with Crippen molar-refractivity contribution < 1.29 is 19.1 Å². The Morgan fingerprint density at radius 2 is 1.44 bits per heavy atom. The molecule has 0 spiro atoms. The van der Waals surface area contributed by atoms with E-state index in [-0.39, 0.29) is 12.1 Å². The van der Waals surface area contributed by atoms with Crippen LogP contribution in [0.2, 0.25) is 0 Å². The molecule has 1 aliphatic rings. The summed E-state index contributed by atoms with van der Waals surface area (Å²) in [5.74, 6) is 0.702. The van der Waals surface area contributed by atoms with Crippen molar-refractivity contribution in [3.05, 3.63) is 96.6 Å². The van der Waals surface area contributed by atoms with E-state index in [4.69, 9.17) is 9.47 Å². The topological polar surface area (TPSA) is 64.6 Å². The molecule has 4 rings (SSSR count). The maximum Gasteiger partial charge on any atom is 0.407 e. The normalized spacial score (nSPS) is 14.2. The van der Waals surface area contributed by atoms with Crippen LogP contribution >= 0.6 is 7.92 Å². The Labute approximate surface area is 214 Å². The van der Waals surface area contributed by atoms with Gasteiger partial charge in [0.15, 0.2) is 0 Å². The summed E-state index contributed by atoms with van der Waals surface area (Å²) in [6.45, 7) is 2.98. The van der Waals surface area contributed by atoms with Gasteiger partial charge in [-0.2, -0.15) is 0 Å². The van der Waals surface area contributed by atoms with E-state index in [0.29, 0.717) is 37.7 Å². The number of ether oxygens (including phenoxy) is 2. The number of carbonyl (C=O) groups excluding carboxylic acids is 2. The van der Waals surface area contributed by atoms with E-state index in [1.165, 1.54) is 16.2 Å². The number of rotatable bonds is 12. The van der Waals surface area contributed by atoms with Crippen molar-refractivity contribution in [3.63, 3.8) is 0 Å². The average molecular weight is 502 g/mol. The zero-order chi connectivity index (χ0) is 25.2. The predicted molar refractivity (Wildman–Crippen MR) is 146 cm³/mol. The lowest BCUT2D eigenvalue weighted by Gasteiger charge is -2.21. The molecule has 0 saturated heterocycles. The van der Waals surface area contributed by atoms with Gasteiger partial charge in [-0.15, -0.1) is 0 Å². The van der Waals surface area contributed by atoms with Gasteiger partial charge in [-0.25, -0.2) is 4.79 Å². The molecule has 0 radical (unpaired) electrons.